The number of ether oxygens (including phenoxy) is 1. The fourth-order valence-electron chi connectivity index (χ4n) is 4.21. The average molecular weight is 457 g/mol. The lowest BCUT2D eigenvalue weighted by atomic mass is 9.95. The van der Waals surface area contributed by atoms with Gasteiger partial charge in [0.1, 0.15) is 11.8 Å². The van der Waals surface area contributed by atoms with Gasteiger partial charge in [-0.05, 0) is 55.5 Å². The molecule has 0 aromatic heterocycles. The van der Waals surface area contributed by atoms with Crippen LogP contribution in [0.4, 0.5) is 0 Å². The van der Waals surface area contributed by atoms with Crippen LogP contribution in [0.15, 0.2) is 48.5 Å². The highest BCUT2D eigenvalue weighted by atomic mass is 35.5. The van der Waals surface area contributed by atoms with Gasteiger partial charge in [-0.2, -0.15) is 0 Å². The van der Waals surface area contributed by atoms with Crippen LogP contribution in [-0.4, -0.2) is 35.9 Å². The molecular formula is C26H33ClN2O3. The summed E-state index contributed by atoms with van der Waals surface area (Å²) in [5.74, 6) is 0.565. The van der Waals surface area contributed by atoms with Crippen molar-refractivity contribution in [1.82, 2.24) is 10.2 Å². The van der Waals surface area contributed by atoms with Crippen molar-refractivity contribution in [2.24, 2.45) is 0 Å². The third-order valence-corrected chi connectivity index (χ3v) is 6.54. The van der Waals surface area contributed by atoms with Crippen molar-refractivity contribution in [2.75, 3.05) is 7.11 Å². The maximum atomic E-state index is 13.3. The number of nitrogens with zero attached hydrogens (tertiary/aromatic N) is 1. The Morgan fingerprint density at radius 1 is 1.12 bits per heavy atom. The van der Waals surface area contributed by atoms with Gasteiger partial charge in [0.2, 0.25) is 11.8 Å². The van der Waals surface area contributed by atoms with Crippen LogP contribution >= 0.6 is 11.6 Å². The van der Waals surface area contributed by atoms with Crippen molar-refractivity contribution in [3.63, 3.8) is 0 Å². The number of nitrogens with one attached hydrogen (secondary N) is 1. The first kappa shape index (κ1) is 24.1. The van der Waals surface area contributed by atoms with E-state index in [-0.39, 0.29) is 24.3 Å². The monoisotopic (exact) mass is 456 g/mol. The van der Waals surface area contributed by atoms with Gasteiger partial charge >= 0.3 is 0 Å². The van der Waals surface area contributed by atoms with Gasteiger partial charge in [0.15, 0.2) is 0 Å². The number of hydrogen-bond donors (Lipinski definition) is 1. The van der Waals surface area contributed by atoms with Crippen LogP contribution in [0.3, 0.4) is 0 Å². The van der Waals surface area contributed by atoms with E-state index in [2.05, 4.69) is 5.32 Å². The third kappa shape index (κ3) is 6.73. The predicted molar refractivity (Wildman–Crippen MR) is 128 cm³/mol. The molecule has 5 nitrogen and oxygen atoms in total. The van der Waals surface area contributed by atoms with Gasteiger partial charge in [-0.25, -0.2) is 0 Å². The zero-order valence-electron chi connectivity index (χ0n) is 19.0. The number of carbonyl (C=O) groups is 2. The first-order chi connectivity index (χ1) is 15.5. The lowest BCUT2D eigenvalue weighted by Gasteiger charge is -2.31. The molecule has 172 valence electrons. The summed E-state index contributed by atoms with van der Waals surface area (Å²) in [6, 6.07) is 14.8. The van der Waals surface area contributed by atoms with Crippen molar-refractivity contribution in [3.05, 3.63) is 64.7 Å². The second-order valence-corrected chi connectivity index (χ2v) is 8.89. The summed E-state index contributed by atoms with van der Waals surface area (Å²) in [4.78, 5) is 28.0. The Morgan fingerprint density at radius 3 is 2.59 bits per heavy atom. The van der Waals surface area contributed by atoms with E-state index < -0.39 is 6.04 Å². The summed E-state index contributed by atoms with van der Waals surface area (Å²) in [6.07, 6.45) is 6.35. The van der Waals surface area contributed by atoms with Crippen molar-refractivity contribution in [1.29, 1.82) is 0 Å². The standard InChI is InChI=1S/C26H33ClN2O3/c1-19(26(31)28-22-11-4-3-5-12-22)29(18-20-9-8-13-23(17-20)32-2)25(30)16-15-21-10-6-7-14-24(21)27/h6-10,13-14,17,19,22H,3-5,11-12,15-16,18H2,1-2H3,(H,28,31)/t19-/m0/s1. The van der Waals surface area contributed by atoms with Crippen LogP contribution < -0.4 is 10.1 Å². The second kappa shape index (κ2) is 11.9. The van der Waals surface area contributed by atoms with Crippen molar-refractivity contribution < 1.29 is 14.3 Å². The average Bonchev–Trinajstić information content (AvgIpc) is 2.82. The minimum atomic E-state index is -0.568. The lowest BCUT2D eigenvalue weighted by Crippen LogP contribution is -2.50. The first-order valence-corrected chi connectivity index (χ1v) is 11.8. The van der Waals surface area contributed by atoms with Crippen LogP contribution in [0.2, 0.25) is 5.02 Å². The molecular weight excluding hydrogens is 424 g/mol. The molecule has 1 atom stereocenters. The van der Waals surface area contributed by atoms with E-state index in [1.807, 2.05) is 55.5 Å². The normalized spacial score (nSPS) is 15.1. The van der Waals surface area contributed by atoms with Crippen molar-refractivity contribution >= 4 is 23.4 Å². The quantitative estimate of drug-likeness (QED) is 0.567. The van der Waals surface area contributed by atoms with Crippen LogP contribution in [-0.2, 0) is 22.6 Å². The SMILES string of the molecule is COc1cccc(CN(C(=O)CCc2ccccc2Cl)[C@@H](C)C(=O)NC2CCCCC2)c1. The number of benzene rings is 2. The topological polar surface area (TPSA) is 58.6 Å². The fourth-order valence-corrected chi connectivity index (χ4v) is 4.44. The molecule has 2 amide bonds. The van der Waals surface area contributed by atoms with E-state index in [1.165, 1.54) is 6.42 Å². The molecule has 0 spiro atoms. The Balaban J connectivity index is 1.73. The van der Waals surface area contributed by atoms with Gasteiger partial charge in [0.05, 0.1) is 7.11 Å². The number of carbonyl (C=O) groups excluding carboxylic acids is 2. The summed E-state index contributed by atoms with van der Waals surface area (Å²) in [5, 5.41) is 3.82. The molecule has 0 heterocycles. The van der Waals surface area contributed by atoms with Crippen LogP contribution in [0.25, 0.3) is 0 Å². The number of amides is 2. The number of aryl methyl sites for hydroxylation is 1. The van der Waals surface area contributed by atoms with Gasteiger partial charge in [-0.1, -0.05) is 61.2 Å². The third-order valence-electron chi connectivity index (χ3n) is 6.17. The van der Waals surface area contributed by atoms with Crippen molar-refractivity contribution in [3.8, 4) is 5.75 Å². The summed E-state index contributed by atoms with van der Waals surface area (Å²) >= 11 is 6.27. The van der Waals surface area contributed by atoms with Crippen molar-refractivity contribution in [2.45, 2.75) is 70.5 Å². The number of rotatable bonds is 9. The number of methoxy groups -OCH3 is 1. The van der Waals surface area contributed by atoms with Crippen LogP contribution in [0.5, 0.6) is 5.75 Å². The van der Waals surface area contributed by atoms with Gasteiger partial charge in [0.25, 0.3) is 0 Å². The maximum absolute atomic E-state index is 13.3. The number of halogens is 1. The van der Waals surface area contributed by atoms with E-state index in [1.54, 1.807) is 12.0 Å². The Hall–Kier alpha value is -2.53. The highest BCUT2D eigenvalue weighted by Crippen LogP contribution is 2.21. The molecule has 1 fully saturated rings. The minimum Gasteiger partial charge on any atom is -0.497 e. The number of hydrogen-bond acceptors (Lipinski definition) is 3. The molecule has 0 bridgehead atoms. The molecule has 1 aliphatic carbocycles. The lowest BCUT2D eigenvalue weighted by molar-refractivity contribution is -0.141. The zero-order valence-corrected chi connectivity index (χ0v) is 19.7. The molecule has 2 aromatic rings. The maximum Gasteiger partial charge on any atom is 0.242 e. The predicted octanol–water partition coefficient (Wildman–Crippen LogP) is 5.15. The molecule has 0 unspecified atom stereocenters. The molecule has 0 radical (unpaired) electrons. The molecule has 3 rings (SSSR count). The van der Waals surface area contributed by atoms with Crippen LogP contribution in [0, 0.1) is 0 Å². The smallest absolute Gasteiger partial charge is 0.242 e. The molecule has 6 heteroatoms. The summed E-state index contributed by atoms with van der Waals surface area (Å²) in [6.45, 7) is 2.16. The molecule has 1 N–H and O–H groups in total. The molecule has 2 aromatic carbocycles. The molecule has 1 saturated carbocycles. The van der Waals surface area contributed by atoms with E-state index in [9.17, 15) is 9.59 Å². The van der Waals surface area contributed by atoms with Gasteiger partial charge in [-0.15, -0.1) is 0 Å². The van der Waals surface area contributed by atoms with E-state index >= 15 is 0 Å². The Morgan fingerprint density at radius 2 is 1.88 bits per heavy atom. The fraction of sp³-hybridized carbons (Fsp3) is 0.462. The van der Waals surface area contributed by atoms with E-state index in [0.29, 0.717) is 18.0 Å². The van der Waals surface area contributed by atoms with Crippen LogP contribution in [0.1, 0.15) is 56.6 Å². The van der Waals surface area contributed by atoms with E-state index in [0.717, 1.165) is 42.6 Å². The Kier molecular flexibility index (Phi) is 8.98. The molecule has 0 aliphatic heterocycles. The molecule has 0 saturated heterocycles. The van der Waals surface area contributed by atoms with E-state index in [4.69, 9.17) is 16.3 Å². The van der Waals surface area contributed by atoms with Gasteiger partial charge in [-0.3, -0.25) is 9.59 Å². The zero-order chi connectivity index (χ0) is 22.9. The largest absolute Gasteiger partial charge is 0.497 e. The summed E-state index contributed by atoms with van der Waals surface area (Å²) in [7, 11) is 1.62. The second-order valence-electron chi connectivity index (χ2n) is 8.48. The van der Waals surface area contributed by atoms with Gasteiger partial charge < -0.3 is 15.0 Å². The minimum absolute atomic E-state index is 0.0703. The summed E-state index contributed by atoms with van der Waals surface area (Å²) in [5.41, 5.74) is 1.86. The van der Waals surface area contributed by atoms with Gasteiger partial charge in [0, 0.05) is 24.0 Å². The highest BCUT2D eigenvalue weighted by Gasteiger charge is 2.28. The Labute approximate surface area is 196 Å². The summed E-state index contributed by atoms with van der Waals surface area (Å²) < 4.78 is 5.33. The molecule has 32 heavy (non-hydrogen) atoms. The highest BCUT2D eigenvalue weighted by molar-refractivity contribution is 6.31. The Bertz CT molecular complexity index is 911. The first-order valence-electron chi connectivity index (χ1n) is 11.4. The molecule has 1 aliphatic rings.